The van der Waals surface area contributed by atoms with Crippen LogP contribution in [-0.2, 0) is 4.79 Å². The van der Waals surface area contributed by atoms with Gasteiger partial charge in [0.05, 0.1) is 12.6 Å². The Bertz CT molecular complexity index is 170. The number of carbonyl (C=O) groups excluding carboxylic acids is 1. The van der Waals surface area contributed by atoms with Gasteiger partial charge in [-0.05, 0) is 19.8 Å². The highest BCUT2D eigenvalue weighted by Crippen LogP contribution is 1.92. The molecule has 1 amide bonds. The van der Waals surface area contributed by atoms with Crippen LogP contribution in [0, 0.1) is 0 Å². The van der Waals surface area contributed by atoms with E-state index in [9.17, 15) is 4.79 Å². The molecule has 3 N–H and O–H groups in total. The molecule has 0 saturated carbocycles. The van der Waals surface area contributed by atoms with Crippen molar-refractivity contribution in [3.05, 3.63) is 12.7 Å². The molecule has 0 spiro atoms. The van der Waals surface area contributed by atoms with Gasteiger partial charge in [-0.3, -0.25) is 4.79 Å². The molecule has 0 aliphatic rings. The van der Waals surface area contributed by atoms with Gasteiger partial charge in [0.15, 0.2) is 0 Å². The number of amides is 1. The highest BCUT2D eigenvalue weighted by molar-refractivity contribution is 5.77. The summed E-state index contributed by atoms with van der Waals surface area (Å²) in [5.41, 5.74) is 0. The van der Waals surface area contributed by atoms with Crippen LogP contribution in [0.4, 0.5) is 0 Å². The SMILES string of the molecule is C=CCNCC(=O)NCCCC(C)O. The molecule has 0 aromatic heterocycles. The van der Waals surface area contributed by atoms with Crippen LogP contribution in [0.25, 0.3) is 0 Å². The van der Waals surface area contributed by atoms with E-state index in [1.54, 1.807) is 13.0 Å². The van der Waals surface area contributed by atoms with Crippen molar-refractivity contribution in [1.82, 2.24) is 10.6 Å². The first-order chi connectivity index (χ1) is 6.66. The van der Waals surface area contributed by atoms with Crippen molar-refractivity contribution < 1.29 is 9.90 Å². The lowest BCUT2D eigenvalue weighted by Gasteiger charge is -2.06. The van der Waals surface area contributed by atoms with E-state index >= 15 is 0 Å². The zero-order chi connectivity index (χ0) is 10.8. The van der Waals surface area contributed by atoms with Crippen LogP contribution in [0.1, 0.15) is 19.8 Å². The maximum Gasteiger partial charge on any atom is 0.233 e. The number of hydrogen-bond acceptors (Lipinski definition) is 3. The molecule has 0 aromatic rings. The molecule has 14 heavy (non-hydrogen) atoms. The third-order valence-electron chi connectivity index (χ3n) is 1.70. The summed E-state index contributed by atoms with van der Waals surface area (Å²) in [5, 5.41) is 14.6. The van der Waals surface area contributed by atoms with E-state index < -0.39 is 0 Å². The minimum atomic E-state index is -0.286. The van der Waals surface area contributed by atoms with Crippen LogP contribution in [0.3, 0.4) is 0 Å². The molecular weight excluding hydrogens is 180 g/mol. The van der Waals surface area contributed by atoms with E-state index in [-0.39, 0.29) is 12.0 Å². The predicted molar refractivity (Wildman–Crippen MR) is 57.0 cm³/mol. The van der Waals surface area contributed by atoms with E-state index in [2.05, 4.69) is 17.2 Å². The van der Waals surface area contributed by atoms with Gasteiger partial charge in [0.25, 0.3) is 0 Å². The molecular formula is C10H20N2O2. The molecule has 4 heteroatoms. The van der Waals surface area contributed by atoms with E-state index in [0.29, 0.717) is 19.6 Å². The quantitative estimate of drug-likeness (QED) is 0.383. The van der Waals surface area contributed by atoms with Gasteiger partial charge in [0, 0.05) is 13.1 Å². The monoisotopic (exact) mass is 200 g/mol. The standard InChI is InChI=1S/C10H20N2O2/c1-3-6-11-8-10(14)12-7-4-5-9(2)13/h3,9,11,13H,1,4-8H2,2H3,(H,12,14). The summed E-state index contributed by atoms with van der Waals surface area (Å²) in [6.07, 6.45) is 2.96. The first-order valence-corrected chi connectivity index (χ1v) is 4.93. The van der Waals surface area contributed by atoms with Gasteiger partial charge in [-0.25, -0.2) is 0 Å². The second-order valence-electron chi connectivity index (χ2n) is 3.26. The Hall–Kier alpha value is -0.870. The number of aliphatic hydroxyl groups excluding tert-OH is 1. The fraction of sp³-hybridized carbons (Fsp3) is 0.700. The number of hydrogen-bond donors (Lipinski definition) is 3. The minimum Gasteiger partial charge on any atom is -0.393 e. The zero-order valence-corrected chi connectivity index (χ0v) is 8.75. The van der Waals surface area contributed by atoms with Gasteiger partial charge in [0.2, 0.25) is 5.91 Å². The average Bonchev–Trinajstić information content (AvgIpc) is 2.13. The van der Waals surface area contributed by atoms with E-state index in [4.69, 9.17) is 5.11 Å². The topological polar surface area (TPSA) is 61.4 Å². The molecule has 1 unspecified atom stereocenters. The third-order valence-corrected chi connectivity index (χ3v) is 1.70. The second-order valence-corrected chi connectivity index (χ2v) is 3.26. The Morgan fingerprint density at radius 3 is 2.93 bits per heavy atom. The van der Waals surface area contributed by atoms with Crippen LogP contribution < -0.4 is 10.6 Å². The lowest BCUT2D eigenvalue weighted by atomic mass is 10.2. The van der Waals surface area contributed by atoms with Gasteiger partial charge in [-0.15, -0.1) is 6.58 Å². The smallest absolute Gasteiger partial charge is 0.233 e. The van der Waals surface area contributed by atoms with E-state index in [1.807, 2.05) is 0 Å². The third kappa shape index (κ3) is 9.22. The Morgan fingerprint density at radius 1 is 1.64 bits per heavy atom. The summed E-state index contributed by atoms with van der Waals surface area (Å²) in [5.74, 6) is -0.0163. The maximum atomic E-state index is 11.1. The normalized spacial score (nSPS) is 12.1. The van der Waals surface area contributed by atoms with Gasteiger partial charge >= 0.3 is 0 Å². The summed E-state index contributed by atoms with van der Waals surface area (Å²) in [6.45, 7) is 6.86. The van der Waals surface area contributed by atoms with Crippen LogP contribution >= 0.6 is 0 Å². The second kappa shape index (κ2) is 8.72. The summed E-state index contributed by atoms with van der Waals surface area (Å²) in [7, 11) is 0. The summed E-state index contributed by atoms with van der Waals surface area (Å²) >= 11 is 0. The predicted octanol–water partition coefficient (Wildman–Crippen LogP) is 0.0392. The fourth-order valence-electron chi connectivity index (χ4n) is 0.976. The highest BCUT2D eigenvalue weighted by atomic mass is 16.3. The molecule has 0 aromatic carbocycles. The van der Waals surface area contributed by atoms with Gasteiger partial charge in [-0.2, -0.15) is 0 Å². The molecule has 0 saturated heterocycles. The summed E-state index contributed by atoms with van der Waals surface area (Å²) < 4.78 is 0. The lowest BCUT2D eigenvalue weighted by Crippen LogP contribution is -2.34. The highest BCUT2D eigenvalue weighted by Gasteiger charge is 1.99. The number of carbonyl (C=O) groups is 1. The van der Waals surface area contributed by atoms with Crippen LogP contribution in [-0.4, -0.2) is 36.8 Å². The first kappa shape index (κ1) is 13.1. The van der Waals surface area contributed by atoms with Gasteiger partial charge in [0.1, 0.15) is 0 Å². The largest absolute Gasteiger partial charge is 0.393 e. The van der Waals surface area contributed by atoms with Crippen molar-refractivity contribution in [3.8, 4) is 0 Å². The van der Waals surface area contributed by atoms with Gasteiger partial charge in [-0.1, -0.05) is 6.08 Å². The molecule has 0 radical (unpaired) electrons. The van der Waals surface area contributed by atoms with Crippen molar-refractivity contribution in [1.29, 1.82) is 0 Å². The lowest BCUT2D eigenvalue weighted by molar-refractivity contribution is -0.120. The van der Waals surface area contributed by atoms with Crippen molar-refractivity contribution in [2.75, 3.05) is 19.6 Å². The van der Waals surface area contributed by atoms with Gasteiger partial charge < -0.3 is 15.7 Å². The van der Waals surface area contributed by atoms with E-state index in [1.165, 1.54) is 0 Å². The van der Waals surface area contributed by atoms with Crippen LogP contribution in [0.5, 0.6) is 0 Å². The van der Waals surface area contributed by atoms with Crippen molar-refractivity contribution >= 4 is 5.91 Å². The number of rotatable bonds is 8. The Morgan fingerprint density at radius 2 is 2.36 bits per heavy atom. The van der Waals surface area contributed by atoms with E-state index in [0.717, 1.165) is 12.8 Å². The molecule has 0 rings (SSSR count). The molecule has 0 fully saturated rings. The first-order valence-electron chi connectivity index (χ1n) is 4.93. The summed E-state index contributed by atoms with van der Waals surface area (Å²) in [4.78, 5) is 11.1. The molecule has 0 heterocycles. The maximum absolute atomic E-state index is 11.1. The molecule has 1 atom stereocenters. The molecule has 0 aliphatic carbocycles. The van der Waals surface area contributed by atoms with Crippen LogP contribution in [0.15, 0.2) is 12.7 Å². The number of nitrogens with one attached hydrogen (secondary N) is 2. The van der Waals surface area contributed by atoms with Crippen molar-refractivity contribution in [3.63, 3.8) is 0 Å². The van der Waals surface area contributed by atoms with Crippen molar-refractivity contribution in [2.24, 2.45) is 0 Å². The fourth-order valence-corrected chi connectivity index (χ4v) is 0.976. The molecule has 0 aliphatic heterocycles. The minimum absolute atomic E-state index is 0.0163. The average molecular weight is 200 g/mol. The van der Waals surface area contributed by atoms with Crippen molar-refractivity contribution in [2.45, 2.75) is 25.9 Å². The molecule has 0 bridgehead atoms. The summed E-state index contributed by atoms with van der Waals surface area (Å²) in [6, 6.07) is 0. The Labute approximate surface area is 85.4 Å². The zero-order valence-electron chi connectivity index (χ0n) is 8.75. The Balaban J connectivity index is 3.22. The molecule has 82 valence electrons. The number of aliphatic hydroxyl groups is 1. The van der Waals surface area contributed by atoms with Crippen LogP contribution in [0.2, 0.25) is 0 Å². The molecule has 4 nitrogen and oxygen atoms in total. The Kier molecular flexibility index (Phi) is 8.17.